The molecule has 1 aliphatic rings. The molecule has 1 aliphatic heterocycles. The molecule has 380 valence electrons. The molecule has 2 aromatic carbocycles. The number of hydrogen-bond donors (Lipinski definition) is 12. The van der Waals surface area contributed by atoms with E-state index in [0.717, 1.165) is 0 Å². The SMILES string of the molecule is CC[C@H](C)[C@H](NC(=O)[C@H](Cc1ccc(O)cc1)NC(=O)[C@H](C)NC(=O)[C@H](CCCN=C(N)N)NC(=O)CNC)C(=O)N[C@@H](Cc1cnc[nH]1)C(=O)N1CCC[C@H]1C(=O)N[C@@H](Cc1ccccc1)C(=O)O. The second kappa shape index (κ2) is 27.4. The number of aromatic nitrogens is 2. The highest BCUT2D eigenvalue weighted by Gasteiger charge is 2.40. The van der Waals surface area contributed by atoms with Crippen molar-refractivity contribution in [2.24, 2.45) is 22.4 Å². The number of phenols is 1. The van der Waals surface area contributed by atoms with Gasteiger partial charge in [-0.25, -0.2) is 9.78 Å². The summed E-state index contributed by atoms with van der Waals surface area (Å²) in [5, 5.41) is 38.7. The highest BCUT2D eigenvalue weighted by Crippen LogP contribution is 2.21. The third-order valence-electron chi connectivity index (χ3n) is 11.8. The first kappa shape index (κ1) is 55.0. The molecule has 1 saturated heterocycles. The van der Waals surface area contributed by atoms with Gasteiger partial charge in [-0.1, -0.05) is 62.7 Å². The number of carboxylic acid groups (broad SMARTS) is 1. The fourth-order valence-corrected chi connectivity index (χ4v) is 7.79. The number of aromatic amines is 1. The maximum Gasteiger partial charge on any atom is 0.326 e. The lowest BCUT2D eigenvalue weighted by Gasteiger charge is -2.31. The Morgan fingerprint density at radius 2 is 1.46 bits per heavy atom. The van der Waals surface area contributed by atoms with Gasteiger partial charge in [-0.3, -0.25) is 38.6 Å². The number of guanidine groups is 1. The molecular weight excluding hydrogens is 907 g/mol. The molecule has 0 aliphatic carbocycles. The molecule has 1 fully saturated rings. The molecule has 70 heavy (non-hydrogen) atoms. The standard InChI is InChI=1S/C47H67N13O10/c1-5-27(2)39(44(67)57-35(23-31-24-51-26-53-31)45(68)60-20-10-14-37(60)43(66)58-36(46(69)70)22-29-11-7-6-8-12-29)59-42(65)34(21-30-15-17-32(61)18-16-30)56-40(63)28(3)54-41(64)33(55-38(62)25-50-4)13-9-19-52-47(48)49/h6-8,11-12,15-18,24,26-28,33-37,39,50,61H,5,9-10,13-14,19-23,25H2,1-4H3,(H,51,53)(H,54,64)(H,55,62)(H,56,63)(H,57,67)(H,58,66)(H,59,65)(H,69,70)(H4,48,49,52)/t27-,28-,33-,34-,35-,36-,37-,39-/m0/s1. The van der Waals surface area contributed by atoms with Crippen LogP contribution in [0.25, 0.3) is 0 Å². The van der Waals surface area contributed by atoms with Crippen LogP contribution in [0.4, 0.5) is 0 Å². The van der Waals surface area contributed by atoms with Crippen molar-refractivity contribution in [3.63, 3.8) is 0 Å². The zero-order chi connectivity index (χ0) is 51.3. The van der Waals surface area contributed by atoms with E-state index in [9.17, 15) is 48.6 Å². The van der Waals surface area contributed by atoms with Gasteiger partial charge in [-0.2, -0.15) is 0 Å². The van der Waals surface area contributed by atoms with E-state index in [0.29, 0.717) is 36.1 Å². The van der Waals surface area contributed by atoms with E-state index in [2.05, 4.69) is 52.2 Å². The van der Waals surface area contributed by atoms with Gasteiger partial charge >= 0.3 is 5.97 Å². The quantitative estimate of drug-likeness (QED) is 0.0234. The number of phenolic OH excluding ortho intramolecular Hbond substituents is 1. The number of H-pyrrole nitrogens is 1. The van der Waals surface area contributed by atoms with Gasteiger partial charge in [-0.05, 0) is 68.8 Å². The van der Waals surface area contributed by atoms with Gasteiger partial charge in [0.05, 0.1) is 12.9 Å². The first-order valence-corrected chi connectivity index (χ1v) is 23.2. The number of imidazole rings is 1. The smallest absolute Gasteiger partial charge is 0.326 e. The number of likely N-dealkylation sites (N-methyl/N-ethyl adjacent to an activating group) is 1. The molecule has 4 rings (SSSR count). The minimum atomic E-state index is -1.34. The van der Waals surface area contributed by atoms with Crippen molar-refractivity contribution in [3.8, 4) is 5.75 Å². The molecule has 2 heterocycles. The number of carbonyl (C=O) groups is 8. The third-order valence-corrected chi connectivity index (χ3v) is 11.8. The van der Waals surface area contributed by atoms with Crippen molar-refractivity contribution >= 4 is 53.3 Å². The van der Waals surface area contributed by atoms with Crippen LogP contribution in [-0.2, 0) is 57.6 Å². The molecule has 0 radical (unpaired) electrons. The minimum absolute atomic E-state index is 0.0152. The van der Waals surface area contributed by atoms with Gasteiger partial charge in [0.2, 0.25) is 41.4 Å². The monoisotopic (exact) mass is 974 g/mol. The van der Waals surface area contributed by atoms with Gasteiger partial charge in [0.15, 0.2) is 5.96 Å². The average molecular weight is 974 g/mol. The molecule has 0 saturated carbocycles. The Balaban J connectivity index is 1.54. The fraction of sp³-hybridized carbons (Fsp3) is 0.489. The Labute approximate surface area is 406 Å². The largest absolute Gasteiger partial charge is 0.508 e. The number of nitrogens with zero attached hydrogens (tertiary/aromatic N) is 3. The Morgan fingerprint density at radius 3 is 2.09 bits per heavy atom. The Hall–Kier alpha value is -7.56. The summed E-state index contributed by atoms with van der Waals surface area (Å²) in [6.45, 7) is 5.16. The van der Waals surface area contributed by atoms with Gasteiger partial charge in [-0.15, -0.1) is 0 Å². The highest BCUT2D eigenvalue weighted by atomic mass is 16.4. The minimum Gasteiger partial charge on any atom is -0.508 e. The van der Waals surface area contributed by atoms with E-state index < -0.39 is 95.5 Å². The number of aliphatic carboxylic acids is 1. The molecule has 23 heteroatoms. The number of aliphatic imine (C=N–C) groups is 1. The first-order valence-electron chi connectivity index (χ1n) is 23.2. The summed E-state index contributed by atoms with van der Waals surface area (Å²) in [5.74, 6) is -6.68. The van der Waals surface area contributed by atoms with Crippen LogP contribution in [0.15, 0.2) is 72.1 Å². The van der Waals surface area contributed by atoms with E-state index >= 15 is 0 Å². The molecular formula is C47H67N13O10. The molecule has 23 nitrogen and oxygen atoms in total. The van der Waals surface area contributed by atoms with Crippen molar-refractivity contribution in [3.05, 3.63) is 83.9 Å². The maximum absolute atomic E-state index is 14.5. The second-order valence-electron chi connectivity index (χ2n) is 17.3. The molecule has 0 bridgehead atoms. The lowest BCUT2D eigenvalue weighted by molar-refractivity contribution is -0.145. The number of carboxylic acids is 1. The summed E-state index contributed by atoms with van der Waals surface area (Å²) in [6, 6.07) is 6.21. The van der Waals surface area contributed by atoms with Crippen LogP contribution in [0.3, 0.4) is 0 Å². The number of carbonyl (C=O) groups excluding carboxylic acids is 7. The Bertz CT molecular complexity index is 2260. The average Bonchev–Trinajstić information content (AvgIpc) is 4.05. The van der Waals surface area contributed by atoms with E-state index in [1.54, 1.807) is 63.4 Å². The third kappa shape index (κ3) is 17.2. The lowest BCUT2D eigenvalue weighted by Crippen LogP contribution is -2.61. The van der Waals surface area contributed by atoms with E-state index in [1.807, 2.05) is 0 Å². The van der Waals surface area contributed by atoms with Crippen molar-refractivity contribution < 1.29 is 48.6 Å². The van der Waals surface area contributed by atoms with Crippen LogP contribution < -0.4 is 48.7 Å². The Morgan fingerprint density at radius 1 is 0.800 bits per heavy atom. The molecule has 14 N–H and O–H groups in total. The summed E-state index contributed by atoms with van der Waals surface area (Å²) in [4.78, 5) is 121. The predicted octanol–water partition coefficient (Wildman–Crippen LogP) is -1.53. The number of amides is 7. The number of rotatable bonds is 27. The Kier molecular flexibility index (Phi) is 21.6. The molecule has 0 unspecified atom stereocenters. The number of aromatic hydroxyl groups is 1. The second-order valence-corrected chi connectivity index (χ2v) is 17.3. The summed E-state index contributed by atoms with van der Waals surface area (Å²) < 4.78 is 0. The zero-order valence-electron chi connectivity index (χ0n) is 39.9. The summed E-state index contributed by atoms with van der Waals surface area (Å²) in [7, 11) is 1.56. The van der Waals surface area contributed by atoms with Gasteiger partial charge in [0.1, 0.15) is 48.0 Å². The summed E-state index contributed by atoms with van der Waals surface area (Å²) in [5.41, 5.74) is 12.5. The molecule has 3 aromatic rings. The number of hydrogen-bond acceptors (Lipinski definition) is 12. The molecule has 8 atom stereocenters. The van der Waals surface area contributed by atoms with E-state index in [4.69, 9.17) is 11.5 Å². The van der Waals surface area contributed by atoms with Crippen molar-refractivity contribution in [2.75, 3.05) is 26.7 Å². The van der Waals surface area contributed by atoms with Crippen molar-refractivity contribution in [2.45, 2.75) is 114 Å². The normalized spacial score (nSPS) is 16.2. The summed E-state index contributed by atoms with van der Waals surface area (Å²) in [6.07, 6.45) is 4.20. The van der Waals surface area contributed by atoms with E-state index in [-0.39, 0.29) is 63.4 Å². The number of likely N-dealkylation sites (tertiary alicyclic amines) is 1. The van der Waals surface area contributed by atoms with Crippen LogP contribution in [-0.4, -0.2) is 147 Å². The highest BCUT2D eigenvalue weighted by molar-refractivity contribution is 5.98. The lowest BCUT2D eigenvalue weighted by atomic mass is 9.96. The zero-order valence-corrected chi connectivity index (χ0v) is 39.9. The van der Waals surface area contributed by atoms with E-state index in [1.165, 1.54) is 36.5 Å². The van der Waals surface area contributed by atoms with Crippen LogP contribution in [0.1, 0.15) is 69.7 Å². The number of nitrogens with two attached hydrogens (primary N) is 2. The van der Waals surface area contributed by atoms with Crippen LogP contribution >= 0.6 is 0 Å². The number of benzene rings is 2. The summed E-state index contributed by atoms with van der Waals surface area (Å²) >= 11 is 0. The number of nitrogens with one attached hydrogen (secondary N) is 8. The van der Waals surface area contributed by atoms with Crippen LogP contribution in [0, 0.1) is 5.92 Å². The molecule has 7 amide bonds. The topological polar surface area (TPSA) is 358 Å². The first-order chi connectivity index (χ1) is 33.4. The van der Waals surface area contributed by atoms with Crippen molar-refractivity contribution in [1.29, 1.82) is 0 Å². The van der Waals surface area contributed by atoms with Crippen LogP contribution in [0.5, 0.6) is 5.75 Å². The predicted molar refractivity (Wildman–Crippen MR) is 257 cm³/mol. The molecule has 1 aromatic heterocycles. The van der Waals surface area contributed by atoms with Gasteiger partial charge < -0.3 is 68.8 Å². The van der Waals surface area contributed by atoms with Crippen LogP contribution in [0.2, 0.25) is 0 Å². The van der Waals surface area contributed by atoms with Gasteiger partial charge in [0, 0.05) is 44.2 Å². The maximum atomic E-state index is 14.5. The molecule has 0 spiro atoms. The van der Waals surface area contributed by atoms with Crippen molar-refractivity contribution in [1.82, 2.24) is 52.1 Å². The fourth-order valence-electron chi connectivity index (χ4n) is 7.79. The van der Waals surface area contributed by atoms with Gasteiger partial charge in [0.25, 0.3) is 0 Å².